The number of methoxy groups -OCH3 is 1. The van der Waals surface area contributed by atoms with E-state index in [-0.39, 0.29) is 17.2 Å². The van der Waals surface area contributed by atoms with E-state index in [4.69, 9.17) is 14.6 Å². The Hall–Kier alpha value is -3.11. The van der Waals surface area contributed by atoms with Gasteiger partial charge in [0.25, 0.3) is 0 Å². The highest BCUT2D eigenvalue weighted by atomic mass is 32.2. The number of anilines is 2. The summed E-state index contributed by atoms with van der Waals surface area (Å²) in [6, 6.07) is 4.37. The summed E-state index contributed by atoms with van der Waals surface area (Å²) in [7, 11) is -1.94. The van der Waals surface area contributed by atoms with E-state index in [1.54, 1.807) is 13.2 Å². The summed E-state index contributed by atoms with van der Waals surface area (Å²) in [5.74, 6) is -3.93. The van der Waals surface area contributed by atoms with Crippen LogP contribution in [0.3, 0.4) is 0 Å². The molecule has 0 aliphatic carbocycles. The number of carboxylic acid groups (broad SMARTS) is 2. The summed E-state index contributed by atoms with van der Waals surface area (Å²) in [5, 5.41) is 19.2. The first kappa shape index (κ1) is 30.9. The molecule has 0 radical (unpaired) electrons. The summed E-state index contributed by atoms with van der Waals surface area (Å²) < 4.78 is 62.4. The Kier molecular flexibility index (Phi) is 11.9. The Balaban J connectivity index is 0.000000809. The zero-order valence-electron chi connectivity index (χ0n) is 19.7. The Morgan fingerprint density at radius 3 is 2.17 bits per heavy atom. The zero-order valence-corrected chi connectivity index (χ0v) is 20.5. The number of carbonyl (C=O) groups is 3. The van der Waals surface area contributed by atoms with E-state index >= 15 is 0 Å². The average Bonchev–Trinajstić information content (AvgIpc) is 2.76. The fraction of sp³-hybridized carbons (Fsp3) is 0.550. The second-order valence-corrected chi connectivity index (χ2v) is 9.42. The number of carboxylic acids is 2. The Bertz CT molecular complexity index is 1010. The smallest absolute Gasteiger partial charge is 0.478 e. The quantitative estimate of drug-likeness (QED) is 0.309. The third-order valence-corrected chi connectivity index (χ3v) is 5.30. The molecule has 2 rings (SSSR count). The Morgan fingerprint density at radius 1 is 1.11 bits per heavy atom. The standard InChI is InChI=1S/C18H28N4O6S.C2HF3O2/c1-28-11-3-6-19-17(23)13-21-7-9-22(10-8-21)16-5-4-14(18(24)25)12-15(16)20-29(2,26)27;3-2(4,5)1(6)7/h4-5,12,20H,3,6-11,13H2,1-2H3,(H,19,23)(H,24,25);(H,6,7). The first-order chi connectivity index (χ1) is 16.6. The number of sulfonamides is 1. The lowest BCUT2D eigenvalue weighted by atomic mass is 10.1. The summed E-state index contributed by atoms with van der Waals surface area (Å²) in [4.78, 5) is 36.1. The van der Waals surface area contributed by atoms with Gasteiger partial charge in [0.1, 0.15) is 0 Å². The predicted octanol–water partition coefficient (Wildman–Crippen LogP) is 0.664. The van der Waals surface area contributed by atoms with Gasteiger partial charge in [-0.2, -0.15) is 13.2 Å². The van der Waals surface area contributed by atoms with E-state index in [2.05, 4.69) is 10.0 Å². The Morgan fingerprint density at radius 2 is 1.69 bits per heavy atom. The molecule has 16 heteroatoms. The number of halogens is 3. The largest absolute Gasteiger partial charge is 0.490 e. The van der Waals surface area contributed by atoms with Gasteiger partial charge in [0, 0.05) is 46.4 Å². The first-order valence-electron chi connectivity index (χ1n) is 10.5. The minimum absolute atomic E-state index is 0.00341. The highest BCUT2D eigenvalue weighted by molar-refractivity contribution is 7.92. The Labute approximate surface area is 206 Å². The van der Waals surface area contributed by atoms with Gasteiger partial charge in [-0.1, -0.05) is 0 Å². The highest BCUT2D eigenvalue weighted by Gasteiger charge is 2.38. The van der Waals surface area contributed by atoms with E-state index < -0.39 is 28.1 Å². The summed E-state index contributed by atoms with van der Waals surface area (Å²) >= 11 is 0. The van der Waals surface area contributed by atoms with Crippen molar-refractivity contribution in [3.05, 3.63) is 23.8 Å². The number of carbonyl (C=O) groups excluding carboxylic acids is 1. The van der Waals surface area contributed by atoms with Gasteiger partial charge >= 0.3 is 18.1 Å². The molecule has 0 unspecified atom stereocenters. The minimum Gasteiger partial charge on any atom is -0.478 e. The van der Waals surface area contributed by atoms with E-state index in [1.807, 2.05) is 9.80 Å². The molecule has 1 aliphatic heterocycles. The molecule has 0 bridgehead atoms. The van der Waals surface area contributed by atoms with Crippen molar-refractivity contribution >= 4 is 39.2 Å². The summed E-state index contributed by atoms with van der Waals surface area (Å²) in [6.45, 7) is 3.90. The number of hydrogen-bond acceptors (Lipinski definition) is 8. The zero-order chi connectivity index (χ0) is 27.5. The van der Waals surface area contributed by atoms with Crippen LogP contribution in [0.5, 0.6) is 0 Å². The van der Waals surface area contributed by atoms with Crippen molar-refractivity contribution in [1.29, 1.82) is 0 Å². The molecule has 4 N–H and O–H groups in total. The van der Waals surface area contributed by atoms with Gasteiger partial charge in [-0.05, 0) is 24.6 Å². The number of benzene rings is 1. The van der Waals surface area contributed by atoms with Crippen LogP contribution in [-0.2, 0) is 24.3 Å². The summed E-state index contributed by atoms with van der Waals surface area (Å²) in [5.41, 5.74) is 0.851. The van der Waals surface area contributed by atoms with Crippen molar-refractivity contribution < 1.29 is 50.9 Å². The number of hydrogen-bond donors (Lipinski definition) is 4. The van der Waals surface area contributed by atoms with Gasteiger partial charge in [0.2, 0.25) is 15.9 Å². The van der Waals surface area contributed by atoms with Crippen LogP contribution in [0.25, 0.3) is 0 Å². The van der Waals surface area contributed by atoms with E-state index in [0.717, 1.165) is 12.7 Å². The molecule has 1 saturated heterocycles. The molecule has 0 saturated carbocycles. The van der Waals surface area contributed by atoms with Crippen LogP contribution in [0.15, 0.2) is 18.2 Å². The van der Waals surface area contributed by atoms with Gasteiger partial charge in [0.05, 0.1) is 29.7 Å². The molecule has 1 aliphatic rings. The van der Waals surface area contributed by atoms with Crippen LogP contribution < -0.4 is 14.9 Å². The third-order valence-electron chi connectivity index (χ3n) is 4.71. The molecule has 0 aromatic heterocycles. The van der Waals surface area contributed by atoms with Crippen LogP contribution in [0.4, 0.5) is 24.5 Å². The fourth-order valence-electron chi connectivity index (χ4n) is 3.08. The fourth-order valence-corrected chi connectivity index (χ4v) is 3.64. The van der Waals surface area contributed by atoms with Gasteiger partial charge in [-0.15, -0.1) is 0 Å². The van der Waals surface area contributed by atoms with Crippen LogP contribution in [-0.4, -0.2) is 107 Å². The number of nitrogens with zero attached hydrogens (tertiary/aromatic N) is 2. The maximum Gasteiger partial charge on any atom is 0.490 e. The molecule has 0 atom stereocenters. The van der Waals surface area contributed by atoms with Gasteiger partial charge in [0.15, 0.2) is 0 Å². The molecule has 1 heterocycles. The van der Waals surface area contributed by atoms with Crippen molar-refractivity contribution in [2.45, 2.75) is 12.6 Å². The average molecular weight is 543 g/mol. The number of aliphatic carboxylic acids is 1. The lowest BCUT2D eigenvalue weighted by Crippen LogP contribution is -2.49. The number of piperazine rings is 1. The second kappa shape index (κ2) is 13.8. The van der Waals surface area contributed by atoms with Gasteiger partial charge in [-0.3, -0.25) is 14.4 Å². The maximum absolute atomic E-state index is 12.0. The molecule has 1 fully saturated rings. The number of nitrogens with one attached hydrogen (secondary N) is 2. The molecule has 36 heavy (non-hydrogen) atoms. The molecule has 1 amide bonds. The van der Waals surface area contributed by atoms with Crippen LogP contribution in [0.2, 0.25) is 0 Å². The van der Waals surface area contributed by atoms with E-state index in [9.17, 15) is 36.3 Å². The highest BCUT2D eigenvalue weighted by Crippen LogP contribution is 2.29. The monoisotopic (exact) mass is 542 g/mol. The second-order valence-electron chi connectivity index (χ2n) is 7.67. The lowest BCUT2D eigenvalue weighted by Gasteiger charge is -2.36. The molecular weight excluding hydrogens is 513 g/mol. The topological polar surface area (TPSA) is 166 Å². The normalized spacial score (nSPS) is 14.4. The molecule has 1 aromatic carbocycles. The maximum atomic E-state index is 12.0. The number of amides is 1. The first-order valence-corrected chi connectivity index (χ1v) is 12.4. The van der Waals surface area contributed by atoms with Crippen molar-refractivity contribution in [2.75, 3.05) is 68.9 Å². The number of alkyl halides is 3. The van der Waals surface area contributed by atoms with Crippen LogP contribution in [0.1, 0.15) is 16.8 Å². The SMILES string of the molecule is COCCCNC(=O)CN1CCN(c2ccc(C(=O)O)cc2NS(C)(=O)=O)CC1.O=C(O)C(F)(F)F. The minimum atomic E-state index is -5.08. The van der Waals surface area contributed by atoms with Crippen LogP contribution >= 0.6 is 0 Å². The molecule has 0 spiro atoms. The van der Waals surface area contributed by atoms with Crippen molar-refractivity contribution in [3.8, 4) is 0 Å². The third kappa shape index (κ3) is 11.5. The van der Waals surface area contributed by atoms with Crippen molar-refractivity contribution in [1.82, 2.24) is 10.2 Å². The van der Waals surface area contributed by atoms with Gasteiger partial charge in [-0.25, -0.2) is 18.0 Å². The molecule has 12 nitrogen and oxygen atoms in total. The van der Waals surface area contributed by atoms with Crippen molar-refractivity contribution in [3.63, 3.8) is 0 Å². The predicted molar refractivity (Wildman–Crippen MR) is 124 cm³/mol. The van der Waals surface area contributed by atoms with Crippen LogP contribution in [0, 0.1) is 0 Å². The number of ether oxygens (including phenoxy) is 1. The van der Waals surface area contributed by atoms with Crippen molar-refractivity contribution in [2.24, 2.45) is 0 Å². The molecule has 204 valence electrons. The van der Waals surface area contributed by atoms with E-state index in [1.165, 1.54) is 12.1 Å². The number of rotatable bonds is 10. The molecular formula is C20H29F3N4O8S. The lowest BCUT2D eigenvalue weighted by molar-refractivity contribution is -0.192. The molecule has 1 aromatic rings. The number of aromatic carboxylic acids is 1. The van der Waals surface area contributed by atoms with Gasteiger partial charge < -0.3 is 25.2 Å². The van der Waals surface area contributed by atoms with E-state index in [0.29, 0.717) is 51.6 Å². The summed E-state index contributed by atoms with van der Waals surface area (Å²) in [6.07, 6.45) is -3.30.